The van der Waals surface area contributed by atoms with Crippen molar-refractivity contribution >= 4 is 16.8 Å². The lowest BCUT2D eigenvalue weighted by atomic mass is 9.90. The number of piperazine rings is 1. The van der Waals surface area contributed by atoms with E-state index in [9.17, 15) is 0 Å². The zero-order valence-electron chi connectivity index (χ0n) is 19.7. The minimum absolute atomic E-state index is 0.623. The topological polar surface area (TPSA) is 15.7 Å². The molecule has 166 valence electrons. The summed E-state index contributed by atoms with van der Waals surface area (Å²) in [5, 5.41) is 0. The quantitative estimate of drug-likeness (QED) is 0.436. The average Bonchev–Trinajstić information content (AvgIpc) is 2.85. The van der Waals surface area contributed by atoms with Crippen LogP contribution in [0.25, 0.3) is 11.1 Å². The maximum atomic E-state index is 5.38. The molecule has 0 bridgehead atoms. The molecule has 0 radical (unpaired) electrons. The maximum absolute atomic E-state index is 5.38. The lowest BCUT2D eigenvalue weighted by Crippen LogP contribution is -2.48. The summed E-state index contributed by atoms with van der Waals surface area (Å²) in [7, 11) is 1.71. The number of hydrogen-bond donors (Lipinski definition) is 0. The first-order chi connectivity index (χ1) is 15.6. The monoisotopic (exact) mass is 426 g/mol. The van der Waals surface area contributed by atoms with Gasteiger partial charge in [0.1, 0.15) is 5.75 Å². The first-order valence-corrected chi connectivity index (χ1v) is 11.6. The van der Waals surface area contributed by atoms with Crippen LogP contribution in [0.15, 0.2) is 78.9 Å². The van der Waals surface area contributed by atoms with Crippen LogP contribution in [-0.2, 0) is 0 Å². The smallest absolute Gasteiger partial charge is 0.118 e. The Hall–Kier alpha value is -3.04. The van der Waals surface area contributed by atoms with Crippen molar-refractivity contribution in [1.82, 2.24) is 4.90 Å². The van der Waals surface area contributed by atoms with Crippen molar-refractivity contribution in [3.8, 4) is 5.75 Å². The summed E-state index contributed by atoms with van der Waals surface area (Å²) < 4.78 is 5.38. The molecule has 1 aliphatic heterocycles. The number of allylic oxidation sites excluding steroid dienone is 1. The van der Waals surface area contributed by atoms with Gasteiger partial charge in [0.2, 0.25) is 0 Å². The van der Waals surface area contributed by atoms with E-state index in [2.05, 4.69) is 97.3 Å². The number of rotatable bonds is 6. The highest BCUT2D eigenvalue weighted by molar-refractivity contribution is 5.98. The lowest BCUT2D eigenvalue weighted by molar-refractivity contribution is 0.209. The first-order valence-electron chi connectivity index (χ1n) is 11.6. The van der Waals surface area contributed by atoms with Gasteiger partial charge < -0.3 is 9.64 Å². The third-order valence-electron chi connectivity index (χ3n) is 6.53. The Bertz CT molecular complexity index is 1030. The van der Waals surface area contributed by atoms with Gasteiger partial charge in [-0.3, -0.25) is 4.90 Å². The Morgan fingerprint density at radius 3 is 1.81 bits per heavy atom. The molecule has 3 aromatic rings. The molecule has 0 amide bonds. The molecule has 32 heavy (non-hydrogen) atoms. The van der Waals surface area contributed by atoms with Gasteiger partial charge in [0.15, 0.2) is 0 Å². The Labute approximate surface area is 192 Å². The fourth-order valence-corrected chi connectivity index (χ4v) is 4.53. The molecular weight excluding hydrogens is 392 g/mol. The van der Waals surface area contributed by atoms with Crippen molar-refractivity contribution in [2.24, 2.45) is 0 Å². The van der Waals surface area contributed by atoms with Gasteiger partial charge in [-0.05, 0) is 72.9 Å². The van der Waals surface area contributed by atoms with E-state index < -0.39 is 0 Å². The van der Waals surface area contributed by atoms with Gasteiger partial charge in [0.25, 0.3) is 0 Å². The van der Waals surface area contributed by atoms with Crippen molar-refractivity contribution in [3.63, 3.8) is 0 Å². The Morgan fingerprint density at radius 1 is 0.719 bits per heavy atom. The van der Waals surface area contributed by atoms with E-state index in [0.717, 1.165) is 31.9 Å². The van der Waals surface area contributed by atoms with E-state index in [1.807, 2.05) is 12.1 Å². The molecule has 0 aliphatic carbocycles. The minimum atomic E-state index is 0.623. The number of nitrogens with zero attached hydrogens (tertiary/aromatic N) is 2. The van der Waals surface area contributed by atoms with Crippen LogP contribution in [0.5, 0.6) is 5.75 Å². The molecule has 0 saturated carbocycles. The maximum Gasteiger partial charge on any atom is 0.118 e. The highest BCUT2D eigenvalue weighted by Gasteiger charge is 2.19. The molecule has 3 nitrogen and oxygen atoms in total. The van der Waals surface area contributed by atoms with E-state index in [1.165, 1.54) is 33.5 Å². The van der Waals surface area contributed by atoms with E-state index >= 15 is 0 Å². The predicted molar refractivity (Wildman–Crippen MR) is 136 cm³/mol. The summed E-state index contributed by atoms with van der Waals surface area (Å²) in [5.41, 5.74) is 7.52. The number of anilines is 1. The Morgan fingerprint density at radius 2 is 1.28 bits per heavy atom. The summed E-state index contributed by atoms with van der Waals surface area (Å²) in [6, 6.07) is 28.7. The molecule has 0 atom stereocenters. The second-order valence-corrected chi connectivity index (χ2v) is 8.76. The number of methoxy groups -OCH3 is 1. The van der Waals surface area contributed by atoms with Crippen LogP contribution in [0.1, 0.15) is 37.5 Å². The van der Waals surface area contributed by atoms with Crippen molar-refractivity contribution < 1.29 is 4.74 Å². The van der Waals surface area contributed by atoms with Crippen molar-refractivity contribution in [3.05, 3.63) is 95.6 Å². The van der Waals surface area contributed by atoms with Crippen LogP contribution >= 0.6 is 0 Å². The molecule has 1 aliphatic rings. The Balaban J connectivity index is 1.66. The lowest BCUT2D eigenvalue weighted by Gasteiger charge is -2.38. The van der Waals surface area contributed by atoms with Crippen LogP contribution < -0.4 is 9.64 Å². The van der Waals surface area contributed by atoms with E-state index in [1.54, 1.807) is 7.11 Å². The molecule has 3 heteroatoms. The van der Waals surface area contributed by atoms with Crippen molar-refractivity contribution in [1.29, 1.82) is 0 Å². The van der Waals surface area contributed by atoms with E-state index in [4.69, 9.17) is 4.74 Å². The number of benzene rings is 3. The van der Waals surface area contributed by atoms with E-state index in [0.29, 0.717) is 6.04 Å². The molecule has 0 N–H and O–H groups in total. The summed E-state index contributed by atoms with van der Waals surface area (Å²) in [5.74, 6) is 0.876. The minimum Gasteiger partial charge on any atom is -0.497 e. The molecule has 0 aromatic heterocycles. The predicted octanol–water partition coefficient (Wildman–Crippen LogP) is 6.20. The number of ether oxygens (including phenoxy) is 1. The molecule has 1 fully saturated rings. The van der Waals surface area contributed by atoms with Crippen LogP contribution in [0.4, 0.5) is 5.69 Å². The molecular formula is C29H34N2O. The van der Waals surface area contributed by atoms with Crippen molar-refractivity contribution in [2.75, 3.05) is 38.2 Å². The normalized spacial score (nSPS) is 15.6. The molecule has 1 saturated heterocycles. The van der Waals surface area contributed by atoms with Crippen molar-refractivity contribution in [2.45, 2.75) is 26.8 Å². The zero-order chi connectivity index (χ0) is 22.5. The fraction of sp³-hybridized carbons (Fsp3) is 0.310. The number of hydrogen-bond acceptors (Lipinski definition) is 3. The molecule has 0 unspecified atom stereocenters. The third-order valence-corrected chi connectivity index (χ3v) is 6.53. The summed E-state index contributed by atoms with van der Waals surface area (Å²) in [4.78, 5) is 5.06. The third kappa shape index (κ3) is 4.89. The Kier molecular flexibility index (Phi) is 6.96. The fourth-order valence-electron chi connectivity index (χ4n) is 4.53. The van der Waals surface area contributed by atoms with Crippen LogP contribution in [0.2, 0.25) is 0 Å². The highest BCUT2D eigenvalue weighted by Crippen LogP contribution is 2.34. The van der Waals surface area contributed by atoms with Gasteiger partial charge in [-0.25, -0.2) is 0 Å². The zero-order valence-corrected chi connectivity index (χ0v) is 19.7. The molecule has 1 heterocycles. The van der Waals surface area contributed by atoms with Gasteiger partial charge in [-0.2, -0.15) is 0 Å². The second-order valence-electron chi connectivity index (χ2n) is 8.76. The summed E-state index contributed by atoms with van der Waals surface area (Å²) in [6.07, 6.45) is 0. The summed E-state index contributed by atoms with van der Waals surface area (Å²) in [6.45, 7) is 11.2. The second kappa shape index (κ2) is 10.1. The van der Waals surface area contributed by atoms with Gasteiger partial charge >= 0.3 is 0 Å². The largest absolute Gasteiger partial charge is 0.497 e. The first kappa shape index (κ1) is 22.2. The SMILES string of the molecule is COc1ccc(/C(=C(\C)c2ccccc2)c2ccc(N3CCN(C(C)C)CC3)cc2)cc1. The standard InChI is InChI=1S/C29H34N2O/c1-22(2)30-18-20-31(21-19-30)27-14-10-25(11-15-27)29(23(3)24-8-6-5-7-9-24)26-12-16-28(32-4)17-13-26/h5-17,22H,18-21H2,1-4H3/b29-23+. The van der Waals surface area contributed by atoms with E-state index in [-0.39, 0.29) is 0 Å². The molecule has 3 aromatic carbocycles. The van der Waals surface area contributed by atoms with Crippen LogP contribution in [0.3, 0.4) is 0 Å². The van der Waals surface area contributed by atoms with Crippen LogP contribution in [-0.4, -0.2) is 44.2 Å². The van der Waals surface area contributed by atoms with Gasteiger partial charge in [-0.15, -0.1) is 0 Å². The molecule has 4 rings (SSSR count). The average molecular weight is 427 g/mol. The van der Waals surface area contributed by atoms with Gasteiger partial charge in [0, 0.05) is 37.9 Å². The van der Waals surface area contributed by atoms with Gasteiger partial charge in [-0.1, -0.05) is 54.6 Å². The highest BCUT2D eigenvalue weighted by atomic mass is 16.5. The van der Waals surface area contributed by atoms with Gasteiger partial charge in [0.05, 0.1) is 7.11 Å². The summed E-state index contributed by atoms with van der Waals surface area (Å²) >= 11 is 0. The van der Waals surface area contributed by atoms with Crippen LogP contribution in [0, 0.1) is 0 Å². The molecule has 0 spiro atoms.